The van der Waals surface area contributed by atoms with E-state index in [-0.39, 0.29) is 68.3 Å². The highest BCUT2D eigenvalue weighted by atomic mass is 19.4. The molecule has 0 saturated heterocycles. The summed E-state index contributed by atoms with van der Waals surface area (Å²) in [4.78, 5) is 56.5. The Labute approximate surface area is 369 Å². The molecule has 2 heterocycles. The Morgan fingerprint density at radius 1 is 0.692 bits per heavy atom. The molecule has 0 aliphatic carbocycles. The minimum Gasteiger partial charge on any atom is -0.481 e. The second-order valence-corrected chi connectivity index (χ2v) is 14.6. The van der Waals surface area contributed by atoms with Gasteiger partial charge in [0, 0.05) is 57.1 Å². The summed E-state index contributed by atoms with van der Waals surface area (Å²) in [6, 6.07) is 20.3. The number of anilines is 2. The summed E-state index contributed by atoms with van der Waals surface area (Å²) in [5.74, 6) is -1.17. The quantitative estimate of drug-likeness (QED) is 0.0579. The number of rotatable bonds is 15. The Morgan fingerprint density at radius 3 is 1.51 bits per heavy atom. The maximum Gasteiger partial charge on any atom is 0.416 e. The van der Waals surface area contributed by atoms with E-state index < -0.39 is 29.4 Å². The lowest BCUT2D eigenvalue weighted by Crippen LogP contribution is -2.29. The van der Waals surface area contributed by atoms with Crippen molar-refractivity contribution < 1.29 is 46.1 Å². The zero-order chi connectivity index (χ0) is 47.9. The molecule has 0 unspecified atom stereocenters. The molecule has 6 aromatic rings. The molecule has 0 aliphatic rings. The van der Waals surface area contributed by atoms with Crippen molar-refractivity contribution in [3.63, 3.8) is 0 Å². The molecule has 2 aromatic heterocycles. The first kappa shape index (κ1) is 50.8. The summed E-state index contributed by atoms with van der Waals surface area (Å²) in [5.41, 5.74) is 7.54. The Bertz CT molecular complexity index is 2700. The Hall–Kier alpha value is -6.80. The Morgan fingerprint density at radius 2 is 1.12 bits per heavy atom. The van der Waals surface area contributed by atoms with Crippen molar-refractivity contribution in [1.82, 2.24) is 24.4 Å². The zero-order valence-corrected chi connectivity index (χ0v) is 35.8. The van der Waals surface area contributed by atoms with Crippen molar-refractivity contribution in [2.75, 3.05) is 30.3 Å². The van der Waals surface area contributed by atoms with Gasteiger partial charge in [-0.2, -0.15) is 26.3 Å². The van der Waals surface area contributed by atoms with Gasteiger partial charge >= 0.3 is 18.3 Å². The largest absolute Gasteiger partial charge is 0.481 e. The zero-order valence-electron chi connectivity index (χ0n) is 35.8. The molecular formula is C45H50F6N8O6. The fourth-order valence-electron chi connectivity index (χ4n) is 6.30. The number of aryl methyl sites for hydroxylation is 4. The molecule has 0 spiro atoms. The van der Waals surface area contributed by atoms with Crippen molar-refractivity contribution in [3.8, 4) is 0 Å². The molecule has 0 bridgehead atoms. The molecule has 0 radical (unpaired) electrons. The highest BCUT2D eigenvalue weighted by molar-refractivity contribution is 5.81. The number of hydrogen-bond donors (Lipinski definition) is 6. The van der Waals surface area contributed by atoms with Crippen LogP contribution in [0.5, 0.6) is 0 Å². The number of nitrogens with zero attached hydrogens (tertiary/aromatic N) is 4. The van der Waals surface area contributed by atoms with E-state index in [0.29, 0.717) is 63.4 Å². The lowest BCUT2D eigenvalue weighted by Gasteiger charge is -2.14. The molecule has 348 valence electrons. The van der Waals surface area contributed by atoms with E-state index in [1.807, 2.05) is 6.92 Å². The normalized spacial score (nSPS) is 11.3. The van der Waals surface area contributed by atoms with Crippen LogP contribution >= 0.6 is 0 Å². The topological polar surface area (TPSA) is 206 Å². The van der Waals surface area contributed by atoms with E-state index in [1.54, 1.807) is 62.4 Å². The predicted molar refractivity (Wildman–Crippen MR) is 235 cm³/mol. The van der Waals surface area contributed by atoms with Crippen LogP contribution in [-0.4, -0.2) is 60.9 Å². The van der Waals surface area contributed by atoms with Crippen molar-refractivity contribution >= 4 is 45.3 Å². The number of halogens is 6. The fraction of sp³-hybridized carbons (Fsp3) is 0.333. The number of nitrogens with two attached hydrogens (primary N) is 1. The summed E-state index contributed by atoms with van der Waals surface area (Å²) >= 11 is 0. The van der Waals surface area contributed by atoms with Gasteiger partial charge in [-0.25, -0.2) is 9.97 Å². The third-order valence-corrected chi connectivity index (χ3v) is 9.53. The number of nitrogens with one attached hydrogen (secondary N) is 3. The molecule has 4 aromatic carbocycles. The maximum atomic E-state index is 12.9. The number of fused-ring (bicyclic) bond motifs is 2. The second kappa shape index (κ2) is 23.2. The van der Waals surface area contributed by atoms with Crippen LogP contribution in [0.3, 0.4) is 0 Å². The smallest absolute Gasteiger partial charge is 0.416 e. The van der Waals surface area contributed by atoms with Crippen molar-refractivity contribution in [2.24, 2.45) is 5.73 Å². The summed E-state index contributed by atoms with van der Waals surface area (Å²) in [6.07, 6.45) is -8.06. The van der Waals surface area contributed by atoms with E-state index in [9.17, 15) is 45.5 Å². The van der Waals surface area contributed by atoms with Crippen LogP contribution in [0.2, 0.25) is 0 Å². The number of aliphatic carboxylic acids is 1. The molecule has 1 amide bonds. The van der Waals surface area contributed by atoms with Gasteiger partial charge in [0.05, 0.1) is 46.2 Å². The molecule has 7 N–H and O–H groups in total. The van der Waals surface area contributed by atoms with Gasteiger partial charge in [0.1, 0.15) is 11.4 Å². The van der Waals surface area contributed by atoms with Gasteiger partial charge in [-0.3, -0.25) is 19.2 Å². The number of amides is 1. The van der Waals surface area contributed by atoms with Gasteiger partial charge in [-0.15, -0.1) is 0 Å². The van der Waals surface area contributed by atoms with Crippen LogP contribution in [0.1, 0.15) is 59.8 Å². The number of carboxylic acids is 1. The van der Waals surface area contributed by atoms with E-state index in [4.69, 9.17) is 15.9 Å². The Balaban J connectivity index is 0.000000264. The molecule has 0 fully saturated rings. The highest BCUT2D eigenvalue weighted by Crippen LogP contribution is 2.31. The lowest BCUT2D eigenvalue weighted by atomic mass is 10.1. The summed E-state index contributed by atoms with van der Waals surface area (Å²) < 4.78 is 80.2. The first-order valence-corrected chi connectivity index (χ1v) is 20.4. The number of benzene rings is 4. The highest BCUT2D eigenvalue weighted by Gasteiger charge is 2.31. The summed E-state index contributed by atoms with van der Waals surface area (Å²) in [5, 5.41) is 25.6. The first-order chi connectivity index (χ1) is 30.7. The molecule has 0 aliphatic heterocycles. The maximum absolute atomic E-state index is 12.9. The van der Waals surface area contributed by atoms with Gasteiger partial charge in [-0.1, -0.05) is 31.2 Å². The fourth-order valence-corrected chi connectivity index (χ4v) is 6.30. The monoisotopic (exact) mass is 912 g/mol. The van der Waals surface area contributed by atoms with E-state index >= 15 is 0 Å². The molecule has 14 nitrogen and oxygen atoms in total. The average Bonchev–Trinajstić information content (AvgIpc) is 3.27. The third kappa shape index (κ3) is 14.9. The minimum atomic E-state index is -4.41. The van der Waals surface area contributed by atoms with Gasteiger partial charge < -0.3 is 41.0 Å². The molecule has 0 atom stereocenters. The van der Waals surface area contributed by atoms with Crippen LogP contribution < -0.4 is 32.8 Å². The average molecular weight is 913 g/mol. The van der Waals surface area contributed by atoms with Crippen molar-refractivity contribution in [1.29, 1.82) is 0 Å². The van der Waals surface area contributed by atoms with Gasteiger partial charge in [0.15, 0.2) is 0 Å². The van der Waals surface area contributed by atoms with Crippen molar-refractivity contribution in [3.05, 3.63) is 139 Å². The minimum absolute atomic E-state index is 0.00882. The second-order valence-electron chi connectivity index (χ2n) is 14.6. The number of carboxylic acid groups (broad SMARTS) is 1. The number of aliphatic hydroxyl groups is 1. The first-order valence-electron chi connectivity index (χ1n) is 20.4. The lowest BCUT2D eigenvalue weighted by molar-refractivity contribution is -0.138. The third-order valence-electron chi connectivity index (χ3n) is 9.53. The standard InChI is InChI=1S/C23H25F3N4O2.C20H18F3N3O3.C2H7NO/c1-3-10-27-21(31)9-11-30-20-13-18(7-8-19(20)29-15(2)22(30)32)28-14-16-5-4-6-17(12-16)23(24,25)26;1-12-19(29)26(8-7-18(27)28)17-10-15(5-6-16(17)25-12)24-11-13-3-2-4-14(9-13)20(21,22)23;3-1-2-4/h4-8,12-13,28H,3,9-11,14H2,1-2H3,(H,27,31);2-6,9-10,24H,7-8,11H2,1H3,(H,27,28);4H,1-3H2. The summed E-state index contributed by atoms with van der Waals surface area (Å²) in [6.45, 7) is 6.70. The van der Waals surface area contributed by atoms with Crippen LogP contribution in [0.15, 0.2) is 94.5 Å². The van der Waals surface area contributed by atoms with Crippen LogP contribution in [0.4, 0.5) is 37.7 Å². The number of hydrogen-bond acceptors (Lipinski definition) is 10. The van der Waals surface area contributed by atoms with Crippen LogP contribution in [0, 0.1) is 13.8 Å². The molecule has 65 heavy (non-hydrogen) atoms. The van der Waals surface area contributed by atoms with Crippen LogP contribution in [0.25, 0.3) is 22.1 Å². The number of carbonyl (C=O) groups is 2. The molecule has 6 rings (SSSR count). The van der Waals surface area contributed by atoms with Gasteiger partial charge in [0.2, 0.25) is 5.91 Å². The van der Waals surface area contributed by atoms with Gasteiger partial charge in [-0.05, 0) is 92.1 Å². The van der Waals surface area contributed by atoms with E-state index in [0.717, 1.165) is 30.7 Å². The Kier molecular flexibility index (Phi) is 18.2. The van der Waals surface area contributed by atoms with E-state index in [1.165, 1.54) is 21.3 Å². The molecule has 0 saturated carbocycles. The number of aliphatic hydroxyl groups excluding tert-OH is 1. The number of carbonyl (C=O) groups excluding carboxylic acids is 1. The molecule has 20 heteroatoms. The number of alkyl halides is 6. The van der Waals surface area contributed by atoms with Crippen LogP contribution in [-0.2, 0) is 48.1 Å². The predicted octanol–water partition coefficient (Wildman–Crippen LogP) is 7.00. The number of aromatic nitrogens is 4. The van der Waals surface area contributed by atoms with E-state index in [2.05, 4.69) is 25.9 Å². The van der Waals surface area contributed by atoms with Crippen molar-refractivity contribution in [2.45, 2.75) is 78.6 Å². The molecular weight excluding hydrogens is 863 g/mol. The summed E-state index contributed by atoms with van der Waals surface area (Å²) in [7, 11) is 0. The SMILES string of the molecule is CCCNC(=O)CCn1c(=O)c(C)nc2ccc(NCc3cccc(C(F)(F)F)c3)cc21.Cc1nc2ccc(NCc3cccc(C(F)(F)F)c3)cc2n(CCC(=O)O)c1=O.NCCO. The van der Waals surface area contributed by atoms with Gasteiger partial charge in [0.25, 0.3) is 11.1 Å².